The lowest BCUT2D eigenvalue weighted by Crippen LogP contribution is -1.26. The van der Waals surface area contributed by atoms with Gasteiger partial charge < -0.3 is 0 Å². The fourth-order valence-electron chi connectivity index (χ4n) is 0. The van der Waals surface area contributed by atoms with Crippen LogP contribution in [0.15, 0.2) is 0 Å². The summed E-state index contributed by atoms with van der Waals surface area (Å²) in [5.41, 5.74) is 0. The van der Waals surface area contributed by atoms with Crippen LogP contribution in [0, 0.1) is 0 Å². The van der Waals surface area contributed by atoms with Crippen LogP contribution >= 0.6 is 13.5 Å². The monoisotopic (exact) mass is 94.0 g/mol. The van der Waals surface area contributed by atoms with E-state index in [1.807, 2.05) is 0 Å². The van der Waals surface area contributed by atoms with E-state index in [1.54, 1.807) is 0 Å². The highest BCUT2D eigenvalue weighted by Gasteiger charge is 1.22. The summed E-state index contributed by atoms with van der Waals surface area (Å²) in [6.07, 6.45) is 0. The third kappa shape index (κ3) is 106. The fraction of sp³-hybridized carbons (Fsp3) is 0. The molecule has 0 spiro atoms. The van der Waals surface area contributed by atoms with E-state index in [1.165, 1.54) is 0 Å². The van der Waals surface area contributed by atoms with Crippen LogP contribution in [0.1, 0.15) is 0 Å². The van der Waals surface area contributed by atoms with E-state index >= 15 is 0 Å². The maximum absolute atomic E-state index is 8.40. The van der Waals surface area contributed by atoms with Gasteiger partial charge in [-0.25, -0.2) is 0 Å². The molecule has 0 aromatic rings. The highest BCUT2D eigenvalue weighted by Crippen LogP contribution is 0.759. The van der Waals surface area contributed by atoms with Gasteiger partial charge in [-0.15, -0.1) is 0 Å². The van der Waals surface area contributed by atoms with Crippen LogP contribution in [-0.4, -0.2) is 9.29 Å². The Morgan fingerprint density at radius 1 is 1.25 bits per heavy atom. The van der Waals surface area contributed by atoms with Gasteiger partial charge in [0, 0.05) is 0 Å². The molecule has 0 saturated heterocycles. The van der Waals surface area contributed by atoms with Gasteiger partial charge in [0.15, 0.2) is 0 Å². The van der Waals surface area contributed by atoms with E-state index in [2.05, 4.69) is 0 Å². The smallest absolute Gasteiger partial charge is 0.274 e. The van der Waals surface area contributed by atoms with Crippen LogP contribution in [0.2, 0.25) is 0 Å². The molecule has 0 atom stereocenters. The van der Waals surface area contributed by atoms with Crippen molar-refractivity contribution in [3.05, 3.63) is 0 Å². The zero-order valence-corrected chi connectivity index (χ0v) is 3.82. The SMILES string of the molecule is O=[Si]=O.S. The summed E-state index contributed by atoms with van der Waals surface area (Å²) in [5.74, 6) is 0. The summed E-state index contributed by atoms with van der Waals surface area (Å²) < 4.78 is 16.8. The van der Waals surface area contributed by atoms with Gasteiger partial charge in [-0.1, -0.05) is 0 Å². The molecule has 0 aliphatic carbocycles. The lowest BCUT2D eigenvalue weighted by atomic mass is 15.9. The van der Waals surface area contributed by atoms with E-state index in [0.29, 0.717) is 0 Å². The first-order chi connectivity index (χ1) is 1.41. The van der Waals surface area contributed by atoms with Crippen LogP contribution in [0.4, 0.5) is 0 Å². The number of hydrogen-bond acceptors (Lipinski definition) is 2. The standard InChI is InChI=1S/O2Si.H2S/c1-3-2;/h;1H2. The molecule has 0 N–H and O–H groups in total. The summed E-state index contributed by atoms with van der Waals surface area (Å²) in [6.45, 7) is 0. The Balaban J connectivity index is 0. The average molecular weight is 94.2 g/mol. The Kier molecular flexibility index (Phi) is 24.3. The highest BCUT2D eigenvalue weighted by molar-refractivity contribution is 7.59. The van der Waals surface area contributed by atoms with Crippen molar-refractivity contribution in [1.29, 1.82) is 0 Å². The topological polar surface area (TPSA) is 34.1 Å². The van der Waals surface area contributed by atoms with Gasteiger partial charge in [0.05, 0.1) is 0 Å². The molecule has 0 aromatic carbocycles. The molecule has 0 aliphatic heterocycles. The van der Waals surface area contributed by atoms with Crippen molar-refractivity contribution in [2.75, 3.05) is 0 Å². The van der Waals surface area contributed by atoms with E-state index in [-0.39, 0.29) is 13.5 Å². The molecule has 0 aliphatic rings. The van der Waals surface area contributed by atoms with Crippen molar-refractivity contribution < 1.29 is 8.92 Å². The normalized spacial score (nSPS) is 2.00. The molecule has 2 nitrogen and oxygen atoms in total. The van der Waals surface area contributed by atoms with Crippen molar-refractivity contribution in [2.45, 2.75) is 0 Å². The quantitative estimate of drug-likeness (QED) is 0.379. The maximum atomic E-state index is 8.40. The van der Waals surface area contributed by atoms with Gasteiger partial charge in [-0.05, 0) is 0 Å². The molecule has 0 saturated carbocycles. The van der Waals surface area contributed by atoms with E-state index < -0.39 is 9.29 Å². The Morgan fingerprint density at radius 2 is 1.25 bits per heavy atom. The minimum Gasteiger partial charge on any atom is -0.274 e. The van der Waals surface area contributed by atoms with Crippen molar-refractivity contribution >= 4 is 22.8 Å². The highest BCUT2D eigenvalue weighted by atomic mass is 32.1. The Morgan fingerprint density at radius 3 is 1.25 bits per heavy atom. The third-order valence-corrected chi connectivity index (χ3v) is 0. The van der Waals surface area contributed by atoms with Gasteiger partial charge in [0.25, 0.3) is 0 Å². The molecule has 4 heteroatoms. The Hall–Kier alpha value is 0.167. The first-order valence-corrected chi connectivity index (χ1v) is 1.22. The zero-order chi connectivity index (χ0) is 2.71. The molecular formula is H2O2SSi. The van der Waals surface area contributed by atoms with Crippen LogP contribution in [-0.2, 0) is 8.92 Å². The van der Waals surface area contributed by atoms with Crippen LogP contribution in [0.25, 0.3) is 0 Å². The van der Waals surface area contributed by atoms with Crippen molar-refractivity contribution in [3.63, 3.8) is 0 Å². The minimum atomic E-state index is -1.42. The second kappa shape index (κ2) is 10.9. The summed E-state index contributed by atoms with van der Waals surface area (Å²) in [7, 11) is -1.42. The molecule has 0 amide bonds. The molecule has 24 valence electrons. The van der Waals surface area contributed by atoms with E-state index in [0.717, 1.165) is 0 Å². The van der Waals surface area contributed by atoms with Crippen molar-refractivity contribution in [2.24, 2.45) is 0 Å². The molecule has 0 fully saturated rings. The summed E-state index contributed by atoms with van der Waals surface area (Å²) >= 11 is 0. The van der Waals surface area contributed by atoms with Gasteiger partial charge in [0.1, 0.15) is 0 Å². The van der Waals surface area contributed by atoms with Gasteiger partial charge in [-0.2, -0.15) is 13.5 Å². The second-order valence-corrected chi connectivity index (χ2v) is 0.250. The van der Waals surface area contributed by atoms with Crippen LogP contribution in [0.5, 0.6) is 0 Å². The molecule has 0 unspecified atom stereocenters. The first kappa shape index (κ1) is 8.90. The molecule has 0 aromatic heterocycles. The maximum Gasteiger partial charge on any atom is 0.549 e. The van der Waals surface area contributed by atoms with Gasteiger partial charge in [-0.3, -0.25) is 8.92 Å². The summed E-state index contributed by atoms with van der Waals surface area (Å²) in [5, 5.41) is 0. The van der Waals surface area contributed by atoms with Gasteiger partial charge in [0.2, 0.25) is 0 Å². The summed E-state index contributed by atoms with van der Waals surface area (Å²) in [4.78, 5) is 0. The Bertz CT molecular complexity index is 27.0. The average Bonchev–Trinajstić information content (AvgIpc) is 0.918. The van der Waals surface area contributed by atoms with E-state index in [4.69, 9.17) is 8.92 Å². The fourth-order valence-corrected chi connectivity index (χ4v) is 0. The van der Waals surface area contributed by atoms with Crippen molar-refractivity contribution in [1.82, 2.24) is 0 Å². The summed E-state index contributed by atoms with van der Waals surface area (Å²) in [6, 6.07) is 0. The predicted octanol–water partition coefficient (Wildman–Crippen LogP) is -0.506. The van der Waals surface area contributed by atoms with Crippen LogP contribution in [0.3, 0.4) is 0 Å². The largest absolute Gasteiger partial charge is 0.549 e. The molecule has 0 bridgehead atoms. The minimum absolute atomic E-state index is 0. The lowest BCUT2D eigenvalue weighted by molar-refractivity contribution is 0.497. The molecule has 0 radical (unpaired) electrons. The first-order valence-electron chi connectivity index (χ1n) is 0.408. The number of rotatable bonds is 0. The molecule has 0 rings (SSSR count). The molecule has 0 heterocycles. The Labute approximate surface area is 32.6 Å². The van der Waals surface area contributed by atoms with Crippen molar-refractivity contribution in [3.8, 4) is 0 Å². The zero-order valence-electron chi connectivity index (χ0n) is 1.82. The predicted molar refractivity (Wildman–Crippen MR) is 17.5 cm³/mol. The number of hydrogen-bond donors (Lipinski definition) is 0. The third-order valence-electron chi connectivity index (χ3n) is 0. The van der Waals surface area contributed by atoms with E-state index in [9.17, 15) is 0 Å². The van der Waals surface area contributed by atoms with Crippen LogP contribution < -0.4 is 0 Å². The second-order valence-electron chi connectivity index (χ2n) is 0.0833. The molecule has 4 heavy (non-hydrogen) atoms. The molecular weight excluding hydrogens is 92.2 g/mol. The van der Waals surface area contributed by atoms with Gasteiger partial charge >= 0.3 is 9.29 Å². The lowest BCUT2D eigenvalue weighted by Gasteiger charge is -0.944.